The lowest BCUT2D eigenvalue weighted by Crippen LogP contribution is -2.37. The molecule has 4 heteroatoms. The van der Waals surface area contributed by atoms with E-state index in [-0.39, 0.29) is 5.97 Å². The Morgan fingerprint density at radius 2 is 1.88 bits per heavy atom. The number of ether oxygens (including phenoxy) is 1. The van der Waals surface area contributed by atoms with Crippen molar-refractivity contribution >= 4 is 17.7 Å². The number of unbranched alkanes of at least 4 members (excludes halogenated alkanes) is 3. The van der Waals surface area contributed by atoms with Crippen molar-refractivity contribution in [2.75, 3.05) is 32.2 Å². The largest absolute Gasteiger partial charge is 0.469 e. The van der Waals surface area contributed by atoms with Crippen LogP contribution in [0.3, 0.4) is 0 Å². The van der Waals surface area contributed by atoms with Gasteiger partial charge in [-0.05, 0) is 45.2 Å². The summed E-state index contributed by atoms with van der Waals surface area (Å²) in [7, 11) is 1.44. The van der Waals surface area contributed by atoms with Gasteiger partial charge < -0.3 is 10.1 Å². The third-order valence-electron chi connectivity index (χ3n) is 2.76. The van der Waals surface area contributed by atoms with Crippen LogP contribution in [0.5, 0.6) is 0 Å². The first kappa shape index (κ1) is 16.8. The van der Waals surface area contributed by atoms with Gasteiger partial charge in [0.05, 0.1) is 12.5 Å². The molecule has 0 unspecified atom stereocenters. The van der Waals surface area contributed by atoms with E-state index in [9.17, 15) is 4.79 Å². The Labute approximate surface area is 110 Å². The number of esters is 1. The molecular formula is C13H27NO2S. The molecule has 0 rings (SSSR count). The first-order chi connectivity index (χ1) is 8.04. The summed E-state index contributed by atoms with van der Waals surface area (Å²) in [6.45, 7) is 5.48. The maximum absolute atomic E-state index is 11.4. The Bertz CT molecular complexity index is 208. The number of nitrogens with one attached hydrogen (secondary N) is 1. The summed E-state index contributed by atoms with van der Waals surface area (Å²) in [6.07, 6.45) is 7.23. The highest BCUT2D eigenvalue weighted by Gasteiger charge is 2.27. The minimum Gasteiger partial charge on any atom is -0.469 e. The number of rotatable bonds is 10. The maximum Gasteiger partial charge on any atom is 0.312 e. The Balaban J connectivity index is 3.42. The zero-order chi connectivity index (χ0) is 13.1. The lowest BCUT2D eigenvalue weighted by molar-refractivity contribution is -0.150. The van der Waals surface area contributed by atoms with E-state index in [1.165, 1.54) is 38.5 Å². The van der Waals surface area contributed by atoms with Crippen molar-refractivity contribution in [2.45, 2.75) is 39.5 Å². The van der Waals surface area contributed by atoms with Crippen molar-refractivity contribution in [1.82, 2.24) is 5.32 Å². The number of carbonyl (C=O) groups excluding carboxylic acids is 1. The molecule has 0 radical (unpaired) electrons. The highest BCUT2D eigenvalue weighted by molar-refractivity contribution is 7.98. The highest BCUT2D eigenvalue weighted by atomic mass is 32.2. The molecule has 3 nitrogen and oxygen atoms in total. The molecule has 0 aliphatic carbocycles. The summed E-state index contributed by atoms with van der Waals surface area (Å²) in [5.74, 6) is 1.12. The number of hydrogen-bond acceptors (Lipinski definition) is 4. The summed E-state index contributed by atoms with van der Waals surface area (Å²) < 4.78 is 4.76. The second-order valence-electron chi connectivity index (χ2n) is 4.96. The zero-order valence-corrected chi connectivity index (χ0v) is 12.5. The van der Waals surface area contributed by atoms with Crippen molar-refractivity contribution in [2.24, 2.45) is 5.41 Å². The highest BCUT2D eigenvalue weighted by Crippen LogP contribution is 2.15. The fourth-order valence-electron chi connectivity index (χ4n) is 1.60. The molecular weight excluding hydrogens is 234 g/mol. The van der Waals surface area contributed by atoms with Crippen molar-refractivity contribution in [1.29, 1.82) is 0 Å². The van der Waals surface area contributed by atoms with Crippen LogP contribution in [0.4, 0.5) is 0 Å². The zero-order valence-electron chi connectivity index (χ0n) is 11.7. The van der Waals surface area contributed by atoms with Gasteiger partial charge in [-0.2, -0.15) is 11.8 Å². The monoisotopic (exact) mass is 261 g/mol. The Kier molecular flexibility index (Phi) is 9.65. The molecule has 0 saturated carbocycles. The molecule has 1 N–H and O–H groups in total. The van der Waals surface area contributed by atoms with Crippen LogP contribution in [0.1, 0.15) is 39.5 Å². The fourth-order valence-corrected chi connectivity index (χ4v) is 2.09. The molecule has 0 aliphatic heterocycles. The summed E-state index contributed by atoms with van der Waals surface area (Å²) in [5.41, 5.74) is -0.423. The average molecular weight is 261 g/mol. The number of thioether (sulfide) groups is 1. The maximum atomic E-state index is 11.4. The van der Waals surface area contributed by atoms with E-state index in [1.807, 2.05) is 25.6 Å². The van der Waals surface area contributed by atoms with Gasteiger partial charge >= 0.3 is 5.97 Å². The first-order valence-corrected chi connectivity index (χ1v) is 7.72. The van der Waals surface area contributed by atoms with Gasteiger partial charge in [0.1, 0.15) is 0 Å². The molecule has 17 heavy (non-hydrogen) atoms. The van der Waals surface area contributed by atoms with Crippen molar-refractivity contribution in [3.63, 3.8) is 0 Å². The predicted molar refractivity (Wildman–Crippen MR) is 75.5 cm³/mol. The molecule has 0 aliphatic rings. The second-order valence-corrected chi connectivity index (χ2v) is 5.94. The third-order valence-corrected chi connectivity index (χ3v) is 3.45. The molecule has 0 heterocycles. The Morgan fingerprint density at radius 1 is 1.24 bits per heavy atom. The topological polar surface area (TPSA) is 38.3 Å². The minimum absolute atomic E-state index is 0.148. The standard InChI is InChI=1S/C13H27NO2S/c1-13(2,12(15)16-3)11-14-9-7-5-6-8-10-17-4/h14H,5-11H2,1-4H3. The molecule has 102 valence electrons. The number of methoxy groups -OCH3 is 1. The summed E-state index contributed by atoms with van der Waals surface area (Å²) in [4.78, 5) is 11.4. The Morgan fingerprint density at radius 3 is 2.47 bits per heavy atom. The minimum atomic E-state index is -0.423. The van der Waals surface area contributed by atoms with Gasteiger partial charge in [0.2, 0.25) is 0 Å². The van der Waals surface area contributed by atoms with E-state index in [4.69, 9.17) is 4.74 Å². The van der Waals surface area contributed by atoms with E-state index in [1.54, 1.807) is 0 Å². The fraction of sp³-hybridized carbons (Fsp3) is 0.923. The van der Waals surface area contributed by atoms with Gasteiger partial charge in [-0.1, -0.05) is 12.8 Å². The van der Waals surface area contributed by atoms with Crippen LogP contribution in [-0.2, 0) is 9.53 Å². The van der Waals surface area contributed by atoms with Gasteiger partial charge in [-0.3, -0.25) is 4.79 Å². The van der Waals surface area contributed by atoms with Crippen LogP contribution in [0.2, 0.25) is 0 Å². The van der Waals surface area contributed by atoms with Crippen LogP contribution < -0.4 is 5.32 Å². The van der Waals surface area contributed by atoms with Gasteiger partial charge in [0.25, 0.3) is 0 Å². The van der Waals surface area contributed by atoms with Crippen molar-refractivity contribution < 1.29 is 9.53 Å². The number of carbonyl (C=O) groups is 1. The van der Waals surface area contributed by atoms with Gasteiger partial charge in [-0.25, -0.2) is 0 Å². The molecule has 0 saturated heterocycles. The number of hydrogen-bond donors (Lipinski definition) is 1. The van der Waals surface area contributed by atoms with Crippen LogP contribution >= 0.6 is 11.8 Å². The third kappa shape index (κ3) is 8.50. The van der Waals surface area contributed by atoms with Crippen LogP contribution in [0.15, 0.2) is 0 Å². The summed E-state index contributed by atoms with van der Waals surface area (Å²) >= 11 is 1.91. The van der Waals surface area contributed by atoms with Crippen molar-refractivity contribution in [3.05, 3.63) is 0 Å². The van der Waals surface area contributed by atoms with E-state index in [2.05, 4.69) is 11.6 Å². The summed E-state index contributed by atoms with van der Waals surface area (Å²) in [6, 6.07) is 0. The summed E-state index contributed by atoms with van der Waals surface area (Å²) in [5, 5.41) is 3.33. The van der Waals surface area contributed by atoms with Crippen LogP contribution in [-0.4, -0.2) is 38.2 Å². The lowest BCUT2D eigenvalue weighted by atomic mass is 9.94. The molecule has 0 bridgehead atoms. The Hall–Kier alpha value is -0.220. The average Bonchev–Trinajstić information content (AvgIpc) is 2.31. The molecule has 0 atom stereocenters. The van der Waals surface area contributed by atoms with Gasteiger partial charge in [-0.15, -0.1) is 0 Å². The van der Waals surface area contributed by atoms with E-state index >= 15 is 0 Å². The quantitative estimate of drug-likeness (QED) is 0.485. The smallest absolute Gasteiger partial charge is 0.312 e. The molecule has 0 fully saturated rings. The molecule has 0 amide bonds. The molecule has 0 aromatic carbocycles. The molecule has 0 aromatic rings. The SMILES string of the molecule is COC(=O)C(C)(C)CNCCCCCCSC. The van der Waals surface area contributed by atoms with Crippen LogP contribution in [0.25, 0.3) is 0 Å². The molecule has 0 spiro atoms. The van der Waals surface area contributed by atoms with E-state index in [0.717, 1.165) is 6.54 Å². The van der Waals surface area contributed by atoms with E-state index < -0.39 is 5.41 Å². The normalized spacial score (nSPS) is 11.5. The van der Waals surface area contributed by atoms with Gasteiger partial charge in [0, 0.05) is 6.54 Å². The first-order valence-electron chi connectivity index (χ1n) is 6.32. The van der Waals surface area contributed by atoms with Gasteiger partial charge in [0.15, 0.2) is 0 Å². The lowest BCUT2D eigenvalue weighted by Gasteiger charge is -2.21. The second kappa shape index (κ2) is 9.77. The predicted octanol–water partition coefficient (Wildman–Crippen LogP) is 2.70. The molecule has 0 aromatic heterocycles. The van der Waals surface area contributed by atoms with Crippen LogP contribution in [0, 0.1) is 5.41 Å². The van der Waals surface area contributed by atoms with E-state index in [0.29, 0.717) is 6.54 Å². The van der Waals surface area contributed by atoms with Crippen molar-refractivity contribution in [3.8, 4) is 0 Å².